The molecule has 1 unspecified atom stereocenters. The third-order valence-electron chi connectivity index (χ3n) is 6.46. The number of anilines is 3. The van der Waals surface area contributed by atoms with E-state index >= 15 is 0 Å². The molecular weight excluding hydrogens is 453 g/mol. The maximum Gasteiger partial charge on any atom is 0.323 e. The second kappa shape index (κ2) is 10.9. The molecule has 2 atom stereocenters. The molecule has 9 heteroatoms. The SMILES string of the molecule is CCC(CC(=O)O)c1ccc(N2CCC[C@H]2C(C)(C)O)c(NC(=O)Nc2ccc(OC)cc2F)c1. The molecule has 0 aromatic heterocycles. The topological polar surface area (TPSA) is 111 Å². The van der Waals surface area contributed by atoms with Crippen molar-refractivity contribution in [3.8, 4) is 5.75 Å². The summed E-state index contributed by atoms with van der Waals surface area (Å²) in [4.78, 5) is 26.3. The number of aliphatic carboxylic acids is 1. The molecule has 2 amide bonds. The third-order valence-corrected chi connectivity index (χ3v) is 6.46. The highest BCUT2D eigenvalue weighted by molar-refractivity contribution is 6.02. The molecule has 190 valence electrons. The van der Waals surface area contributed by atoms with Gasteiger partial charge in [-0.2, -0.15) is 0 Å². The minimum atomic E-state index is -0.962. The van der Waals surface area contributed by atoms with Crippen molar-refractivity contribution in [2.75, 3.05) is 29.2 Å². The molecule has 8 nitrogen and oxygen atoms in total. The van der Waals surface area contributed by atoms with Crippen molar-refractivity contribution in [1.29, 1.82) is 0 Å². The lowest BCUT2D eigenvalue weighted by Crippen LogP contribution is -2.46. The van der Waals surface area contributed by atoms with Crippen molar-refractivity contribution >= 4 is 29.1 Å². The lowest BCUT2D eigenvalue weighted by atomic mass is 9.92. The quantitative estimate of drug-likeness (QED) is 0.388. The van der Waals surface area contributed by atoms with E-state index in [1.807, 2.05) is 19.1 Å². The summed E-state index contributed by atoms with van der Waals surface area (Å²) in [7, 11) is 1.43. The second-order valence-electron chi connectivity index (χ2n) is 9.41. The lowest BCUT2D eigenvalue weighted by molar-refractivity contribution is -0.137. The maximum atomic E-state index is 14.4. The Hall–Kier alpha value is -3.33. The number of nitrogens with zero attached hydrogens (tertiary/aromatic N) is 1. The van der Waals surface area contributed by atoms with Gasteiger partial charge in [-0.25, -0.2) is 9.18 Å². The van der Waals surface area contributed by atoms with Crippen LogP contribution < -0.4 is 20.3 Å². The molecule has 2 aromatic rings. The first-order valence-electron chi connectivity index (χ1n) is 11.8. The molecule has 0 saturated carbocycles. The van der Waals surface area contributed by atoms with Crippen molar-refractivity contribution in [2.24, 2.45) is 0 Å². The Labute approximate surface area is 205 Å². The number of carboxylic acids is 1. The number of rotatable bonds is 9. The number of carboxylic acid groups (broad SMARTS) is 1. The summed E-state index contributed by atoms with van der Waals surface area (Å²) in [5.74, 6) is -1.43. The van der Waals surface area contributed by atoms with Crippen LogP contribution in [0.25, 0.3) is 0 Å². The van der Waals surface area contributed by atoms with Gasteiger partial charge in [-0.3, -0.25) is 4.79 Å². The molecular formula is C26H34FN3O5. The van der Waals surface area contributed by atoms with Crippen molar-refractivity contribution in [1.82, 2.24) is 0 Å². The van der Waals surface area contributed by atoms with E-state index in [2.05, 4.69) is 15.5 Å². The van der Waals surface area contributed by atoms with Crippen LogP contribution in [0.1, 0.15) is 57.9 Å². The monoisotopic (exact) mass is 487 g/mol. The Morgan fingerprint density at radius 1 is 1.20 bits per heavy atom. The number of amides is 2. The van der Waals surface area contributed by atoms with Crippen LogP contribution in [0.15, 0.2) is 36.4 Å². The smallest absolute Gasteiger partial charge is 0.323 e. The number of ether oxygens (including phenoxy) is 1. The van der Waals surface area contributed by atoms with Crippen LogP contribution in [-0.2, 0) is 4.79 Å². The summed E-state index contributed by atoms with van der Waals surface area (Å²) in [6, 6.07) is 8.84. The maximum absolute atomic E-state index is 14.4. The number of halogens is 1. The Bertz CT molecular complexity index is 1070. The molecule has 1 heterocycles. The second-order valence-corrected chi connectivity index (χ2v) is 9.41. The first kappa shape index (κ1) is 26.3. The van der Waals surface area contributed by atoms with Crippen LogP contribution in [-0.4, -0.2) is 47.5 Å². The molecule has 1 fully saturated rings. The summed E-state index contributed by atoms with van der Waals surface area (Å²) in [6.07, 6.45) is 2.26. The van der Waals surface area contributed by atoms with E-state index in [9.17, 15) is 24.2 Å². The first-order chi connectivity index (χ1) is 16.5. The van der Waals surface area contributed by atoms with Gasteiger partial charge >= 0.3 is 12.0 Å². The van der Waals surface area contributed by atoms with E-state index in [1.165, 1.54) is 19.2 Å². The van der Waals surface area contributed by atoms with E-state index < -0.39 is 23.4 Å². The van der Waals surface area contributed by atoms with Crippen molar-refractivity contribution in [2.45, 2.75) is 64.0 Å². The lowest BCUT2D eigenvalue weighted by Gasteiger charge is -2.36. The molecule has 1 saturated heterocycles. The average molecular weight is 488 g/mol. The predicted molar refractivity (Wildman–Crippen MR) is 134 cm³/mol. The molecule has 35 heavy (non-hydrogen) atoms. The Morgan fingerprint density at radius 2 is 1.91 bits per heavy atom. The summed E-state index contributed by atoms with van der Waals surface area (Å²) in [5, 5.41) is 25.4. The number of carbonyl (C=O) groups excluding carboxylic acids is 1. The van der Waals surface area contributed by atoms with Gasteiger partial charge in [0.05, 0.1) is 42.2 Å². The normalized spacial score (nSPS) is 16.6. The number of methoxy groups -OCH3 is 1. The predicted octanol–water partition coefficient (Wildman–Crippen LogP) is 5.19. The molecule has 0 bridgehead atoms. The van der Waals surface area contributed by atoms with Gasteiger partial charge in [0.15, 0.2) is 0 Å². The summed E-state index contributed by atoms with van der Waals surface area (Å²) in [6.45, 7) is 6.13. The van der Waals surface area contributed by atoms with Gasteiger partial charge in [-0.1, -0.05) is 13.0 Å². The van der Waals surface area contributed by atoms with E-state index in [4.69, 9.17) is 4.74 Å². The van der Waals surface area contributed by atoms with Crippen LogP contribution >= 0.6 is 0 Å². The van der Waals surface area contributed by atoms with E-state index in [-0.39, 0.29) is 24.1 Å². The minimum Gasteiger partial charge on any atom is -0.497 e. The fourth-order valence-electron chi connectivity index (χ4n) is 4.66. The van der Waals surface area contributed by atoms with Gasteiger partial charge in [0.2, 0.25) is 0 Å². The number of benzene rings is 2. The molecule has 1 aliphatic heterocycles. The van der Waals surface area contributed by atoms with Crippen LogP contribution in [0.3, 0.4) is 0 Å². The third kappa shape index (κ3) is 6.42. The number of hydrogen-bond acceptors (Lipinski definition) is 5. The molecule has 0 aliphatic carbocycles. The van der Waals surface area contributed by atoms with Crippen LogP contribution in [0.2, 0.25) is 0 Å². The zero-order valence-corrected chi connectivity index (χ0v) is 20.6. The van der Waals surface area contributed by atoms with Gasteiger partial charge in [-0.05, 0) is 68.9 Å². The highest BCUT2D eigenvalue weighted by Gasteiger charge is 2.37. The molecule has 0 spiro atoms. The van der Waals surface area contributed by atoms with Crippen LogP contribution in [0.5, 0.6) is 5.75 Å². The van der Waals surface area contributed by atoms with Crippen molar-refractivity contribution in [3.63, 3.8) is 0 Å². The zero-order chi connectivity index (χ0) is 25.8. The summed E-state index contributed by atoms with van der Waals surface area (Å²) in [5.41, 5.74) is 0.996. The van der Waals surface area contributed by atoms with Gasteiger partial charge in [0, 0.05) is 12.6 Å². The minimum absolute atomic E-state index is 0.00569. The van der Waals surface area contributed by atoms with Crippen molar-refractivity contribution in [3.05, 3.63) is 47.8 Å². The first-order valence-corrected chi connectivity index (χ1v) is 11.8. The van der Waals surface area contributed by atoms with Crippen LogP contribution in [0, 0.1) is 5.82 Å². The zero-order valence-electron chi connectivity index (χ0n) is 20.6. The highest BCUT2D eigenvalue weighted by atomic mass is 19.1. The number of nitrogens with one attached hydrogen (secondary N) is 2. The fourth-order valence-corrected chi connectivity index (χ4v) is 4.66. The van der Waals surface area contributed by atoms with Crippen LogP contribution in [0.4, 0.5) is 26.2 Å². The number of hydrogen-bond donors (Lipinski definition) is 4. The van der Waals surface area contributed by atoms with Gasteiger partial charge in [0.25, 0.3) is 0 Å². The van der Waals surface area contributed by atoms with E-state index in [1.54, 1.807) is 26.0 Å². The number of aliphatic hydroxyl groups is 1. The highest BCUT2D eigenvalue weighted by Crippen LogP contribution is 2.38. The molecule has 3 rings (SSSR count). The van der Waals surface area contributed by atoms with Gasteiger partial charge < -0.3 is 30.5 Å². The Morgan fingerprint density at radius 3 is 2.51 bits per heavy atom. The molecule has 2 aromatic carbocycles. The van der Waals surface area contributed by atoms with Gasteiger partial charge in [-0.15, -0.1) is 0 Å². The number of urea groups is 1. The van der Waals surface area contributed by atoms with Crippen molar-refractivity contribution < 1.29 is 28.9 Å². The summed E-state index contributed by atoms with van der Waals surface area (Å²) < 4.78 is 19.4. The standard InChI is InChI=1S/C26H34FN3O5/c1-5-16(14-24(31)32)17-8-11-22(30-12-6-7-23(30)26(2,3)34)21(13-17)29-25(33)28-20-10-9-18(35-4)15-19(20)27/h8-11,13,15-16,23,34H,5-7,12,14H2,1-4H3,(H,31,32)(H2,28,29,33)/t16?,23-/m0/s1. The average Bonchev–Trinajstić information content (AvgIpc) is 3.29. The largest absolute Gasteiger partial charge is 0.497 e. The van der Waals surface area contributed by atoms with Gasteiger partial charge in [0.1, 0.15) is 11.6 Å². The Kier molecular flexibility index (Phi) is 8.22. The fraction of sp³-hybridized carbons (Fsp3) is 0.462. The van der Waals surface area contributed by atoms with E-state index in [0.29, 0.717) is 30.1 Å². The van der Waals surface area contributed by atoms with E-state index in [0.717, 1.165) is 18.4 Å². The molecule has 0 radical (unpaired) electrons. The summed E-state index contributed by atoms with van der Waals surface area (Å²) >= 11 is 0. The molecule has 1 aliphatic rings. The Balaban J connectivity index is 1.94. The molecule has 4 N–H and O–H groups in total. The number of carbonyl (C=O) groups is 2.